The van der Waals surface area contributed by atoms with Crippen molar-refractivity contribution in [2.24, 2.45) is 0 Å². The fourth-order valence-corrected chi connectivity index (χ4v) is 3.02. The molecule has 0 fully saturated rings. The maximum atomic E-state index is 12.0. The van der Waals surface area contributed by atoms with Gasteiger partial charge in [0.1, 0.15) is 0 Å². The van der Waals surface area contributed by atoms with Gasteiger partial charge < -0.3 is 14.7 Å². The van der Waals surface area contributed by atoms with E-state index >= 15 is 0 Å². The lowest BCUT2D eigenvalue weighted by atomic mass is 9.95. The fourth-order valence-electron chi connectivity index (χ4n) is 3.02. The number of hydrogen-bond donors (Lipinski definition) is 1. The summed E-state index contributed by atoms with van der Waals surface area (Å²) in [5, 5.41) is 14.5. The molecule has 4 nitrogen and oxygen atoms in total. The van der Waals surface area contributed by atoms with E-state index < -0.39 is 12.1 Å². The predicted molar refractivity (Wildman–Crippen MR) is 97.4 cm³/mol. The van der Waals surface area contributed by atoms with Gasteiger partial charge in [-0.15, -0.1) is 0 Å². The largest absolute Gasteiger partial charge is 0.464 e. The molecule has 0 aliphatic rings. The molecule has 1 atom stereocenters. The number of aliphatic hydroxyl groups is 1. The Hall–Kier alpha value is -2.59. The molecular weight excluding hydrogens is 302 g/mol. The minimum atomic E-state index is -1.29. The summed E-state index contributed by atoms with van der Waals surface area (Å²) in [4.78, 5) is 14.0. The van der Waals surface area contributed by atoms with Crippen LogP contribution in [0.4, 0.5) is 5.69 Å². The second-order valence-corrected chi connectivity index (χ2v) is 5.97. The standard InChI is InChI=1S/C20H21NO3/c1-4-24-20(23)19(22)15-9-10-18(21(2)3)17-12-14-8-6-5-7-13(14)11-16(15)17/h5-12,19,22H,4H2,1-3H3/t19-/m1/s1. The molecule has 3 rings (SSSR count). The van der Waals surface area contributed by atoms with E-state index in [1.54, 1.807) is 13.0 Å². The molecule has 0 heterocycles. The first-order valence-corrected chi connectivity index (χ1v) is 8.00. The fraction of sp³-hybridized carbons (Fsp3) is 0.250. The van der Waals surface area contributed by atoms with Crippen LogP contribution < -0.4 is 4.90 Å². The highest BCUT2D eigenvalue weighted by atomic mass is 16.5. The third-order valence-electron chi connectivity index (χ3n) is 4.18. The quantitative estimate of drug-likeness (QED) is 0.588. The molecule has 0 radical (unpaired) electrons. The van der Waals surface area contributed by atoms with Crippen LogP contribution >= 0.6 is 0 Å². The average Bonchev–Trinajstić information content (AvgIpc) is 2.58. The van der Waals surface area contributed by atoms with Gasteiger partial charge in [-0.25, -0.2) is 4.79 Å². The van der Waals surface area contributed by atoms with Gasteiger partial charge in [0.25, 0.3) is 0 Å². The molecule has 0 aromatic heterocycles. The molecule has 0 amide bonds. The molecule has 1 N–H and O–H groups in total. The molecule has 24 heavy (non-hydrogen) atoms. The van der Waals surface area contributed by atoms with E-state index in [0.717, 1.165) is 27.2 Å². The lowest BCUT2D eigenvalue weighted by molar-refractivity contribution is -0.153. The molecule has 3 aromatic rings. The van der Waals surface area contributed by atoms with Crippen molar-refractivity contribution in [1.29, 1.82) is 0 Å². The van der Waals surface area contributed by atoms with E-state index in [1.165, 1.54) is 0 Å². The molecule has 124 valence electrons. The minimum absolute atomic E-state index is 0.243. The molecule has 0 aliphatic heterocycles. The van der Waals surface area contributed by atoms with Gasteiger partial charge in [0.15, 0.2) is 6.10 Å². The first-order chi connectivity index (χ1) is 11.5. The lowest BCUT2D eigenvalue weighted by Gasteiger charge is -2.20. The van der Waals surface area contributed by atoms with Crippen LogP contribution in [-0.4, -0.2) is 31.8 Å². The number of aliphatic hydroxyl groups excluding tert-OH is 1. The Balaban J connectivity index is 2.29. The Bertz CT molecular complexity index is 902. The van der Waals surface area contributed by atoms with Crippen molar-refractivity contribution in [3.05, 3.63) is 54.1 Å². The first-order valence-electron chi connectivity index (χ1n) is 8.00. The van der Waals surface area contributed by atoms with Crippen molar-refractivity contribution in [3.8, 4) is 0 Å². The van der Waals surface area contributed by atoms with Gasteiger partial charge in [0, 0.05) is 25.2 Å². The van der Waals surface area contributed by atoms with E-state index in [9.17, 15) is 9.90 Å². The molecule has 4 heteroatoms. The summed E-state index contributed by atoms with van der Waals surface area (Å²) >= 11 is 0. The SMILES string of the molecule is CCOC(=O)[C@H](O)c1ccc(N(C)C)c2cc3ccccc3cc12. The Kier molecular flexibility index (Phi) is 4.40. The number of fused-ring (bicyclic) bond motifs is 2. The van der Waals surface area contributed by atoms with Crippen molar-refractivity contribution in [1.82, 2.24) is 0 Å². The summed E-state index contributed by atoms with van der Waals surface area (Å²) in [6, 6.07) is 15.9. The van der Waals surface area contributed by atoms with Crippen LogP contribution in [0.3, 0.4) is 0 Å². The van der Waals surface area contributed by atoms with Crippen LogP contribution in [0.5, 0.6) is 0 Å². The third-order valence-corrected chi connectivity index (χ3v) is 4.18. The molecule has 0 saturated heterocycles. The molecule has 0 saturated carbocycles. The van der Waals surface area contributed by atoms with Gasteiger partial charge in [-0.3, -0.25) is 0 Å². The number of esters is 1. The van der Waals surface area contributed by atoms with Crippen LogP contribution in [-0.2, 0) is 9.53 Å². The summed E-state index contributed by atoms with van der Waals surface area (Å²) in [5.41, 5.74) is 1.61. The normalized spacial score (nSPS) is 12.3. The van der Waals surface area contributed by atoms with Crippen LogP contribution in [0.15, 0.2) is 48.5 Å². The van der Waals surface area contributed by atoms with Gasteiger partial charge in [-0.2, -0.15) is 0 Å². The second-order valence-electron chi connectivity index (χ2n) is 5.97. The molecule has 0 spiro atoms. The maximum Gasteiger partial charge on any atom is 0.339 e. The van der Waals surface area contributed by atoms with Crippen LogP contribution in [0.2, 0.25) is 0 Å². The highest BCUT2D eigenvalue weighted by Gasteiger charge is 2.22. The number of rotatable bonds is 4. The van der Waals surface area contributed by atoms with Crippen molar-refractivity contribution < 1.29 is 14.6 Å². The molecule has 0 aliphatic carbocycles. The number of hydrogen-bond acceptors (Lipinski definition) is 4. The maximum absolute atomic E-state index is 12.0. The van der Waals surface area contributed by atoms with Crippen molar-refractivity contribution in [2.45, 2.75) is 13.0 Å². The number of ether oxygens (including phenoxy) is 1. The number of benzene rings is 3. The Labute approximate surface area is 141 Å². The van der Waals surface area contributed by atoms with E-state index in [4.69, 9.17) is 4.74 Å². The second kappa shape index (κ2) is 6.49. The molecular formula is C20H21NO3. The number of carbonyl (C=O) groups excluding carboxylic acids is 1. The average molecular weight is 323 g/mol. The van der Waals surface area contributed by atoms with Crippen LogP contribution in [0, 0.1) is 0 Å². The Morgan fingerprint density at radius 3 is 2.29 bits per heavy atom. The third kappa shape index (κ3) is 2.81. The zero-order valence-electron chi connectivity index (χ0n) is 14.1. The summed E-state index contributed by atoms with van der Waals surface area (Å²) in [7, 11) is 3.96. The van der Waals surface area contributed by atoms with E-state index in [2.05, 4.69) is 12.1 Å². The van der Waals surface area contributed by atoms with Gasteiger partial charge in [0.2, 0.25) is 0 Å². The van der Waals surface area contributed by atoms with Crippen LogP contribution in [0.25, 0.3) is 21.5 Å². The van der Waals surface area contributed by atoms with Gasteiger partial charge in [0.05, 0.1) is 6.61 Å². The molecule has 3 aromatic carbocycles. The predicted octanol–water partition coefficient (Wildman–Crippen LogP) is 3.66. The van der Waals surface area contributed by atoms with Gasteiger partial charge in [-0.05, 0) is 46.8 Å². The number of nitrogens with zero attached hydrogens (tertiary/aromatic N) is 1. The highest BCUT2D eigenvalue weighted by molar-refractivity contribution is 6.06. The summed E-state index contributed by atoms with van der Waals surface area (Å²) in [6.45, 7) is 1.97. The number of carbonyl (C=O) groups is 1. The number of anilines is 1. The van der Waals surface area contributed by atoms with Crippen LogP contribution in [0.1, 0.15) is 18.6 Å². The topological polar surface area (TPSA) is 49.8 Å². The smallest absolute Gasteiger partial charge is 0.339 e. The Morgan fingerprint density at radius 2 is 1.71 bits per heavy atom. The molecule has 0 unspecified atom stereocenters. The van der Waals surface area contributed by atoms with Gasteiger partial charge >= 0.3 is 5.97 Å². The van der Waals surface area contributed by atoms with E-state index in [1.807, 2.05) is 49.3 Å². The summed E-state index contributed by atoms with van der Waals surface area (Å²) in [6.07, 6.45) is -1.29. The summed E-state index contributed by atoms with van der Waals surface area (Å²) < 4.78 is 4.97. The monoisotopic (exact) mass is 323 g/mol. The van der Waals surface area contributed by atoms with E-state index in [0.29, 0.717) is 5.56 Å². The summed E-state index contributed by atoms with van der Waals surface area (Å²) in [5.74, 6) is -0.621. The zero-order chi connectivity index (χ0) is 17.3. The zero-order valence-corrected chi connectivity index (χ0v) is 14.1. The Morgan fingerprint density at radius 1 is 1.08 bits per heavy atom. The lowest BCUT2D eigenvalue weighted by Crippen LogP contribution is -2.16. The van der Waals surface area contributed by atoms with Crippen molar-refractivity contribution in [3.63, 3.8) is 0 Å². The van der Waals surface area contributed by atoms with Crippen molar-refractivity contribution in [2.75, 3.05) is 25.6 Å². The van der Waals surface area contributed by atoms with Crippen molar-refractivity contribution >= 4 is 33.2 Å². The van der Waals surface area contributed by atoms with E-state index in [-0.39, 0.29) is 6.61 Å². The molecule has 0 bridgehead atoms. The highest BCUT2D eigenvalue weighted by Crippen LogP contribution is 2.35. The minimum Gasteiger partial charge on any atom is -0.464 e. The first kappa shape index (κ1) is 16.3. The van der Waals surface area contributed by atoms with Gasteiger partial charge in [-0.1, -0.05) is 30.3 Å².